The molecule has 3 rings (SSSR count). The summed E-state index contributed by atoms with van der Waals surface area (Å²) in [5, 5.41) is 13.0. The minimum absolute atomic E-state index is 0.0999. The van der Waals surface area contributed by atoms with Crippen molar-refractivity contribution < 1.29 is 19.5 Å². The third-order valence-electron chi connectivity index (χ3n) is 6.12. The number of aryl methyl sites for hydroxylation is 1. The molecular weight excluding hydrogens is 456 g/mol. The molecule has 0 fully saturated rings. The average molecular weight is 493 g/mol. The Bertz CT molecular complexity index is 1180. The summed E-state index contributed by atoms with van der Waals surface area (Å²) in [5.41, 5.74) is 11.0. The number of carbonyl (C=O) groups is 1. The molecule has 0 bridgehead atoms. The minimum Gasteiger partial charge on any atom is -0.494 e. The number of benzene rings is 3. The average Bonchev–Trinajstić information content (AvgIpc) is 2.83. The first-order valence-corrected chi connectivity index (χ1v) is 11.9. The predicted molar refractivity (Wildman–Crippen MR) is 143 cm³/mol. The lowest BCUT2D eigenvalue weighted by molar-refractivity contribution is -0.137. The fraction of sp³-hybridized carbons (Fsp3) is 0.321. The SMILES string of the molecule is COc1cc(C(CC(=O)O)c2ccc(C)c(CN(Oc3ccccc3)C(C)C)c2)cc(N)c1N(C)N. The van der Waals surface area contributed by atoms with Gasteiger partial charge < -0.3 is 25.4 Å². The van der Waals surface area contributed by atoms with Gasteiger partial charge in [-0.15, -0.1) is 5.06 Å². The van der Waals surface area contributed by atoms with Crippen LogP contribution >= 0.6 is 0 Å². The van der Waals surface area contributed by atoms with Crippen molar-refractivity contribution in [1.29, 1.82) is 0 Å². The number of rotatable bonds is 11. The van der Waals surface area contributed by atoms with Crippen molar-refractivity contribution >= 4 is 17.3 Å². The predicted octanol–water partition coefficient (Wildman–Crippen LogP) is 4.71. The molecule has 0 radical (unpaired) electrons. The summed E-state index contributed by atoms with van der Waals surface area (Å²) in [6.07, 6.45) is -0.0999. The van der Waals surface area contributed by atoms with Crippen LogP contribution in [0.1, 0.15) is 48.4 Å². The van der Waals surface area contributed by atoms with Gasteiger partial charge in [0, 0.05) is 19.0 Å². The van der Waals surface area contributed by atoms with E-state index in [1.165, 1.54) is 12.1 Å². The maximum atomic E-state index is 11.9. The van der Waals surface area contributed by atoms with Gasteiger partial charge in [0.25, 0.3) is 0 Å². The molecule has 8 nitrogen and oxygen atoms in total. The van der Waals surface area contributed by atoms with Crippen LogP contribution in [-0.4, -0.2) is 36.3 Å². The molecule has 1 atom stereocenters. The lowest BCUT2D eigenvalue weighted by atomic mass is 9.86. The smallest absolute Gasteiger partial charge is 0.304 e. The highest BCUT2D eigenvalue weighted by atomic mass is 16.7. The molecular formula is C28H36N4O4. The molecule has 0 aliphatic carbocycles. The number of aliphatic carboxylic acids is 1. The largest absolute Gasteiger partial charge is 0.494 e. The van der Waals surface area contributed by atoms with Gasteiger partial charge in [0.15, 0.2) is 0 Å². The second-order valence-electron chi connectivity index (χ2n) is 9.18. The van der Waals surface area contributed by atoms with Crippen LogP contribution < -0.4 is 26.2 Å². The molecule has 5 N–H and O–H groups in total. The van der Waals surface area contributed by atoms with E-state index >= 15 is 0 Å². The lowest BCUT2D eigenvalue weighted by Gasteiger charge is -2.28. The van der Waals surface area contributed by atoms with Crippen molar-refractivity contribution in [3.05, 3.63) is 82.9 Å². The zero-order chi connectivity index (χ0) is 26.4. The number of carboxylic acids is 1. The molecule has 36 heavy (non-hydrogen) atoms. The number of methoxy groups -OCH3 is 1. The van der Waals surface area contributed by atoms with E-state index in [2.05, 4.69) is 19.9 Å². The number of hydrogen-bond acceptors (Lipinski definition) is 7. The second kappa shape index (κ2) is 11.8. The topological polar surface area (TPSA) is 114 Å². The third-order valence-corrected chi connectivity index (χ3v) is 6.12. The number of carboxylic acid groups (broad SMARTS) is 1. The maximum absolute atomic E-state index is 11.9. The van der Waals surface area contributed by atoms with E-state index < -0.39 is 11.9 Å². The second-order valence-corrected chi connectivity index (χ2v) is 9.18. The van der Waals surface area contributed by atoms with Gasteiger partial charge in [-0.05, 0) is 67.3 Å². The van der Waals surface area contributed by atoms with Crippen LogP contribution in [0.4, 0.5) is 11.4 Å². The molecule has 0 heterocycles. The number of nitrogens with two attached hydrogens (primary N) is 2. The first-order chi connectivity index (χ1) is 17.1. The van der Waals surface area contributed by atoms with Crippen LogP contribution in [-0.2, 0) is 11.3 Å². The monoisotopic (exact) mass is 492 g/mol. The third kappa shape index (κ3) is 6.47. The highest BCUT2D eigenvalue weighted by Crippen LogP contribution is 2.39. The van der Waals surface area contributed by atoms with E-state index in [0.29, 0.717) is 23.7 Å². The van der Waals surface area contributed by atoms with Crippen LogP contribution in [0.5, 0.6) is 11.5 Å². The molecule has 3 aromatic carbocycles. The number of hydrogen-bond donors (Lipinski definition) is 3. The Labute approximate surface area is 213 Å². The molecule has 0 aliphatic rings. The van der Waals surface area contributed by atoms with E-state index in [0.717, 1.165) is 28.0 Å². The summed E-state index contributed by atoms with van der Waals surface area (Å²) >= 11 is 0. The van der Waals surface area contributed by atoms with Gasteiger partial charge in [0.1, 0.15) is 17.2 Å². The summed E-state index contributed by atoms with van der Waals surface area (Å²) in [6, 6.07) is 19.4. The van der Waals surface area contributed by atoms with Crippen molar-refractivity contribution in [2.45, 2.75) is 45.7 Å². The van der Waals surface area contributed by atoms with E-state index in [4.69, 9.17) is 21.2 Å². The Morgan fingerprint density at radius 3 is 2.33 bits per heavy atom. The normalized spacial score (nSPS) is 12.0. The number of anilines is 2. The van der Waals surface area contributed by atoms with E-state index in [-0.39, 0.29) is 12.5 Å². The Morgan fingerprint density at radius 1 is 1.06 bits per heavy atom. The summed E-state index contributed by atoms with van der Waals surface area (Å²) < 4.78 is 5.53. The molecule has 1 unspecified atom stereocenters. The van der Waals surface area contributed by atoms with Crippen molar-refractivity contribution in [2.75, 3.05) is 24.9 Å². The van der Waals surface area contributed by atoms with Gasteiger partial charge in [0.2, 0.25) is 0 Å². The van der Waals surface area contributed by atoms with Gasteiger partial charge in [0.05, 0.1) is 25.8 Å². The molecule has 8 heteroatoms. The van der Waals surface area contributed by atoms with E-state index in [1.807, 2.05) is 54.5 Å². The number of hydroxylamine groups is 2. The molecule has 0 saturated carbocycles. The molecule has 3 aromatic rings. The number of para-hydroxylation sites is 1. The number of ether oxygens (including phenoxy) is 1. The fourth-order valence-electron chi connectivity index (χ4n) is 4.17. The molecule has 0 aromatic heterocycles. The first kappa shape index (κ1) is 26.8. The summed E-state index contributed by atoms with van der Waals surface area (Å²) in [5.74, 6) is 5.84. The first-order valence-electron chi connectivity index (χ1n) is 11.9. The number of nitrogens with zero attached hydrogens (tertiary/aromatic N) is 2. The standard InChI is InChI=1S/C28H36N4O4/c1-18(2)32(36-23-9-7-6-8-10-23)17-22-13-20(12-11-19(22)3)24(16-27(33)34)21-14-25(29)28(31(4)30)26(15-21)35-5/h6-15,18,24H,16-17,29-30H2,1-5H3,(H,33,34). The molecule has 0 saturated heterocycles. The fourth-order valence-corrected chi connectivity index (χ4v) is 4.17. The minimum atomic E-state index is -0.907. The highest BCUT2D eigenvalue weighted by molar-refractivity contribution is 5.76. The van der Waals surface area contributed by atoms with Crippen LogP contribution in [0, 0.1) is 6.92 Å². The highest BCUT2D eigenvalue weighted by Gasteiger charge is 2.23. The lowest BCUT2D eigenvalue weighted by Crippen LogP contribution is -2.34. The van der Waals surface area contributed by atoms with Crippen LogP contribution in [0.15, 0.2) is 60.7 Å². The van der Waals surface area contributed by atoms with Crippen molar-refractivity contribution in [1.82, 2.24) is 5.06 Å². The van der Waals surface area contributed by atoms with Gasteiger partial charge in [-0.25, -0.2) is 5.84 Å². The zero-order valence-corrected chi connectivity index (χ0v) is 21.6. The summed E-state index contributed by atoms with van der Waals surface area (Å²) in [4.78, 5) is 18.0. The van der Waals surface area contributed by atoms with E-state index in [9.17, 15) is 9.90 Å². The summed E-state index contributed by atoms with van der Waals surface area (Å²) in [6.45, 7) is 6.72. The Kier molecular flexibility index (Phi) is 8.79. The Hall–Kier alpha value is -3.75. The maximum Gasteiger partial charge on any atom is 0.304 e. The molecule has 0 aliphatic heterocycles. The van der Waals surface area contributed by atoms with Gasteiger partial charge in [-0.1, -0.05) is 36.4 Å². The quantitative estimate of drug-likeness (QED) is 0.200. The molecule has 0 spiro atoms. The van der Waals surface area contributed by atoms with Gasteiger partial charge in [-0.3, -0.25) is 4.79 Å². The van der Waals surface area contributed by atoms with Gasteiger partial charge >= 0.3 is 5.97 Å². The van der Waals surface area contributed by atoms with Crippen molar-refractivity contribution in [3.63, 3.8) is 0 Å². The van der Waals surface area contributed by atoms with E-state index in [1.54, 1.807) is 19.2 Å². The van der Waals surface area contributed by atoms with Crippen LogP contribution in [0.2, 0.25) is 0 Å². The van der Waals surface area contributed by atoms with Crippen molar-refractivity contribution in [2.24, 2.45) is 5.84 Å². The Morgan fingerprint density at radius 2 is 1.75 bits per heavy atom. The van der Waals surface area contributed by atoms with Crippen LogP contribution in [0.25, 0.3) is 0 Å². The molecule has 192 valence electrons. The zero-order valence-electron chi connectivity index (χ0n) is 21.6. The van der Waals surface area contributed by atoms with Crippen molar-refractivity contribution in [3.8, 4) is 11.5 Å². The number of hydrazine groups is 1. The summed E-state index contributed by atoms with van der Waals surface area (Å²) in [7, 11) is 3.21. The van der Waals surface area contributed by atoms with Gasteiger partial charge in [-0.2, -0.15) is 0 Å². The Balaban J connectivity index is 2.01. The molecule has 0 amide bonds. The van der Waals surface area contributed by atoms with Crippen LogP contribution in [0.3, 0.4) is 0 Å². The number of nitrogen functional groups attached to an aromatic ring is 1.